The van der Waals surface area contributed by atoms with E-state index in [9.17, 15) is 22.8 Å². The molecule has 1 amide bonds. The summed E-state index contributed by atoms with van der Waals surface area (Å²) in [7, 11) is 0. The average Bonchev–Trinajstić information content (AvgIpc) is 3.08. The van der Waals surface area contributed by atoms with Crippen LogP contribution in [-0.2, 0) is 6.18 Å². The minimum atomic E-state index is -4.59. The number of benzene rings is 2. The predicted octanol–water partition coefficient (Wildman–Crippen LogP) is 5.90. The number of hydrogen-bond donors (Lipinski definition) is 1. The summed E-state index contributed by atoms with van der Waals surface area (Å²) in [5.74, 6) is -1.44. The second kappa shape index (κ2) is 10.5. The van der Waals surface area contributed by atoms with E-state index in [-0.39, 0.29) is 34.8 Å². The van der Waals surface area contributed by atoms with Crippen LogP contribution in [0.4, 0.5) is 23.2 Å². The highest BCUT2D eigenvalue weighted by molar-refractivity contribution is 6.06. The molecule has 7 nitrogen and oxygen atoms in total. The Morgan fingerprint density at radius 2 is 1.86 bits per heavy atom. The average molecular weight is 509 g/mol. The first-order valence-corrected chi connectivity index (χ1v) is 11.5. The van der Waals surface area contributed by atoms with E-state index >= 15 is 4.39 Å². The van der Waals surface area contributed by atoms with Crippen LogP contribution in [0.5, 0.6) is 5.75 Å². The lowest BCUT2D eigenvalue weighted by atomic mass is 10.1. The SMILES string of the molecule is CCCC(C)Oc1cc(-n2nc(C)n(C(C)C)c2=O)c(F)cc1C(=O)Nc1cccc(C(F)(F)F)c1. The highest BCUT2D eigenvalue weighted by atomic mass is 19.4. The molecule has 3 rings (SSSR count). The van der Waals surface area contributed by atoms with Gasteiger partial charge in [0.2, 0.25) is 0 Å². The molecule has 0 fully saturated rings. The third-order valence-corrected chi connectivity index (χ3v) is 5.49. The van der Waals surface area contributed by atoms with Gasteiger partial charge < -0.3 is 10.1 Å². The molecule has 0 bridgehead atoms. The largest absolute Gasteiger partial charge is 0.490 e. The van der Waals surface area contributed by atoms with E-state index in [4.69, 9.17) is 4.74 Å². The van der Waals surface area contributed by atoms with Gasteiger partial charge in [0, 0.05) is 17.8 Å². The lowest BCUT2D eigenvalue weighted by Gasteiger charge is -2.18. The molecule has 2 aromatic carbocycles. The van der Waals surface area contributed by atoms with E-state index in [1.165, 1.54) is 16.7 Å². The maximum Gasteiger partial charge on any atom is 0.416 e. The van der Waals surface area contributed by atoms with Gasteiger partial charge in [-0.2, -0.15) is 23.0 Å². The fourth-order valence-electron chi connectivity index (χ4n) is 3.86. The number of anilines is 1. The van der Waals surface area contributed by atoms with Gasteiger partial charge in [-0.1, -0.05) is 19.4 Å². The number of hydrogen-bond acceptors (Lipinski definition) is 4. The van der Waals surface area contributed by atoms with Gasteiger partial charge in [-0.25, -0.2) is 9.18 Å². The number of amides is 1. The Morgan fingerprint density at radius 3 is 2.44 bits per heavy atom. The number of aromatic nitrogens is 3. The van der Waals surface area contributed by atoms with Crippen LogP contribution in [0.25, 0.3) is 5.69 Å². The number of alkyl halides is 3. The van der Waals surface area contributed by atoms with E-state index in [2.05, 4.69) is 10.4 Å². The van der Waals surface area contributed by atoms with Crippen LogP contribution in [0.15, 0.2) is 41.2 Å². The van der Waals surface area contributed by atoms with Crippen LogP contribution < -0.4 is 15.7 Å². The number of ether oxygens (including phenoxy) is 1. The highest BCUT2D eigenvalue weighted by Gasteiger charge is 2.31. The first kappa shape index (κ1) is 27.0. The van der Waals surface area contributed by atoms with E-state index < -0.39 is 29.2 Å². The summed E-state index contributed by atoms with van der Waals surface area (Å²) < 4.78 is 62.6. The minimum Gasteiger partial charge on any atom is -0.490 e. The highest BCUT2D eigenvalue weighted by Crippen LogP contribution is 2.32. The Labute approximate surface area is 205 Å². The molecule has 11 heteroatoms. The van der Waals surface area contributed by atoms with Crippen molar-refractivity contribution < 1.29 is 27.1 Å². The molecular weight excluding hydrogens is 480 g/mol. The molecule has 1 N–H and O–H groups in total. The summed E-state index contributed by atoms with van der Waals surface area (Å²) in [6.07, 6.45) is -3.55. The van der Waals surface area contributed by atoms with Gasteiger partial charge in [0.25, 0.3) is 5.91 Å². The zero-order valence-electron chi connectivity index (χ0n) is 20.6. The summed E-state index contributed by atoms with van der Waals surface area (Å²) in [5.41, 5.74) is -2.06. The summed E-state index contributed by atoms with van der Waals surface area (Å²) in [4.78, 5) is 25.9. The van der Waals surface area contributed by atoms with Crippen LogP contribution >= 0.6 is 0 Å². The van der Waals surface area contributed by atoms with Crippen LogP contribution in [0.2, 0.25) is 0 Å². The molecule has 0 saturated carbocycles. The second-order valence-electron chi connectivity index (χ2n) is 8.75. The van der Waals surface area contributed by atoms with Gasteiger partial charge in [-0.3, -0.25) is 9.36 Å². The summed E-state index contributed by atoms with van der Waals surface area (Å²) in [6.45, 7) is 8.91. The number of aryl methyl sites for hydroxylation is 1. The molecule has 0 aliphatic carbocycles. The van der Waals surface area contributed by atoms with Crippen molar-refractivity contribution in [2.45, 2.75) is 65.8 Å². The van der Waals surface area contributed by atoms with Crippen molar-refractivity contribution in [2.75, 3.05) is 5.32 Å². The fourth-order valence-corrected chi connectivity index (χ4v) is 3.86. The van der Waals surface area contributed by atoms with E-state index in [1.54, 1.807) is 27.7 Å². The molecule has 0 aliphatic heterocycles. The lowest BCUT2D eigenvalue weighted by Crippen LogP contribution is -2.26. The van der Waals surface area contributed by atoms with Crippen LogP contribution in [-0.4, -0.2) is 26.4 Å². The van der Waals surface area contributed by atoms with Crippen LogP contribution in [0.1, 0.15) is 68.3 Å². The van der Waals surface area contributed by atoms with E-state index in [1.807, 2.05) is 6.92 Å². The van der Waals surface area contributed by atoms with Crippen molar-refractivity contribution in [2.24, 2.45) is 0 Å². The van der Waals surface area contributed by atoms with Gasteiger partial charge >= 0.3 is 11.9 Å². The Balaban J connectivity index is 2.07. The lowest BCUT2D eigenvalue weighted by molar-refractivity contribution is -0.137. The molecule has 194 valence electrons. The van der Waals surface area contributed by atoms with Crippen molar-refractivity contribution in [1.82, 2.24) is 14.3 Å². The first-order chi connectivity index (χ1) is 16.8. The van der Waals surface area contributed by atoms with Crippen molar-refractivity contribution in [3.63, 3.8) is 0 Å². The maximum atomic E-state index is 15.2. The van der Waals surface area contributed by atoms with E-state index in [0.29, 0.717) is 12.2 Å². The monoisotopic (exact) mass is 508 g/mol. The van der Waals surface area contributed by atoms with Crippen molar-refractivity contribution in [1.29, 1.82) is 0 Å². The van der Waals surface area contributed by atoms with Gasteiger partial charge in [0.05, 0.1) is 17.2 Å². The quantitative estimate of drug-likeness (QED) is 0.384. The zero-order chi connectivity index (χ0) is 26.8. The molecule has 0 saturated heterocycles. The summed E-state index contributed by atoms with van der Waals surface area (Å²) in [6, 6.07) is 5.99. The first-order valence-electron chi connectivity index (χ1n) is 11.5. The van der Waals surface area contributed by atoms with Gasteiger partial charge in [-0.15, -0.1) is 0 Å². The summed E-state index contributed by atoms with van der Waals surface area (Å²) >= 11 is 0. The molecule has 0 aliphatic rings. The molecule has 36 heavy (non-hydrogen) atoms. The molecule has 1 aromatic heterocycles. The van der Waals surface area contributed by atoms with Crippen LogP contribution in [0, 0.1) is 12.7 Å². The van der Waals surface area contributed by atoms with Gasteiger partial charge in [0.15, 0.2) is 0 Å². The predicted molar refractivity (Wildman–Crippen MR) is 127 cm³/mol. The molecule has 0 radical (unpaired) electrons. The van der Waals surface area contributed by atoms with Gasteiger partial charge in [-0.05, 0) is 58.4 Å². The number of nitrogens with one attached hydrogen (secondary N) is 1. The normalized spacial score (nSPS) is 12.6. The molecular formula is C25H28F4N4O3. The minimum absolute atomic E-state index is 0.0273. The number of carbonyl (C=O) groups excluding carboxylic acids is 1. The molecule has 0 spiro atoms. The Hall–Kier alpha value is -3.63. The third kappa shape index (κ3) is 5.77. The molecule has 1 unspecified atom stereocenters. The Morgan fingerprint density at radius 1 is 1.17 bits per heavy atom. The number of halogens is 4. The van der Waals surface area contributed by atoms with Crippen LogP contribution in [0.3, 0.4) is 0 Å². The number of carbonyl (C=O) groups is 1. The Bertz CT molecular complexity index is 1310. The fraction of sp³-hybridized carbons (Fsp3) is 0.400. The van der Waals surface area contributed by atoms with Crippen molar-refractivity contribution in [3.05, 3.63) is 69.7 Å². The zero-order valence-corrected chi connectivity index (χ0v) is 20.6. The van der Waals surface area contributed by atoms with Crippen molar-refractivity contribution >= 4 is 11.6 Å². The molecule has 1 heterocycles. The van der Waals surface area contributed by atoms with E-state index in [0.717, 1.165) is 35.4 Å². The second-order valence-corrected chi connectivity index (χ2v) is 8.75. The van der Waals surface area contributed by atoms with Crippen molar-refractivity contribution in [3.8, 4) is 11.4 Å². The number of rotatable bonds is 8. The smallest absolute Gasteiger partial charge is 0.416 e. The number of nitrogens with zero attached hydrogens (tertiary/aromatic N) is 3. The standard InChI is InChI=1S/C25H28F4N4O3/c1-6-8-15(4)36-22-13-21(33-24(35)32(14(2)3)16(5)31-33)20(26)12-19(22)23(34)30-18-10-7-9-17(11-18)25(27,28)29/h7,9-15H,6,8H2,1-5H3,(H,30,34). The topological polar surface area (TPSA) is 78.2 Å². The summed E-state index contributed by atoms with van der Waals surface area (Å²) in [5, 5.41) is 6.53. The third-order valence-electron chi connectivity index (χ3n) is 5.49. The molecule has 1 atom stereocenters. The Kier molecular flexibility index (Phi) is 7.90. The maximum absolute atomic E-state index is 15.2. The van der Waals surface area contributed by atoms with Gasteiger partial charge in [0.1, 0.15) is 23.1 Å². The molecule has 3 aromatic rings.